The Balaban J connectivity index is 1.91. The lowest BCUT2D eigenvalue weighted by molar-refractivity contribution is -0.137. The summed E-state index contributed by atoms with van der Waals surface area (Å²) in [5, 5.41) is -0.0521. The molecule has 0 fully saturated rings. The molecule has 0 spiro atoms. The zero-order valence-corrected chi connectivity index (χ0v) is 16.4. The fraction of sp³-hybridized carbons (Fsp3) is 0.238. The lowest BCUT2D eigenvalue weighted by Crippen LogP contribution is -2.30. The average Bonchev–Trinajstić information content (AvgIpc) is 2.87. The number of amides is 2. The number of benzene rings is 2. The highest BCUT2D eigenvalue weighted by Crippen LogP contribution is 2.34. The Kier molecular flexibility index (Phi) is 5.24. The number of nitrogens with zero attached hydrogens (tertiary/aromatic N) is 1. The van der Waals surface area contributed by atoms with E-state index in [1.165, 1.54) is 7.11 Å². The van der Waals surface area contributed by atoms with E-state index in [9.17, 15) is 9.59 Å². The standard InChI is InChI=1S/C21H20ClNO4/c1-12-5-7-15(9-13(12)2)18-19(22)21(25)23(20(18)24)11-14-6-8-16(26-3)17(10-14)27-4/h5-10H,11H2,1-4H3. The summed E-state index contributed by atoms with van der Waals surface area (Å²) in [5.74, 6) is 0.211. The zero-order chi connectivity index (χ0) is 19.7. The van der Waals surface area contributed by atoms with Crippen molar-refractivity contribution in [3.8, 4) is 11.5 Å². The third kappa shape index (κ3) is 3.43. The van der Waals surface area contributed by atoms with Crippen LogP contribution in [-0.4, -0.2) is 30.9 Å². The molecule has 6 heteroatoms. The van der Waals surface area contributed by atoms with Gasteiger partial charge in [-0.15, -0.1) is 0 Å². The second-order valence-electron chi connectivity index (χ2n) is 6.37. The first-order chi connectivity index (χ1) is 12.9. The molecule has 2 aromatic carbocycles. The maximum atomic E-state index is 12.9. The third-order valence-electron chi connectivity index (χ3n) is 4.70. The molecule has 0 aliphatic carbocycles. The van der Waals surface area contributed by atoms with Crippen LogP contribution < -0.4 is 9.47 Å². The Morgan fingerprint density at radius 3 is 2.22 bits per heavy atom. The quantitative estimate of drug-likeness (QED) is 0.734. The van der Waals surface area contributed by atoms with Crippen LogP contribution in [-0.2, 0) is 16.1 Å². The zero-order valence-electron chi connectivity index (χ0n) is 15.6. The van der Waals surface area contributed by atoms with Crippen LogP contribution in [0.25, 0.3) is 5.57 Å². The molecule has 0 aromatic heterocycles. The smallest absolute Gasteiger partial charge is 0.273 e. The van der Waals surface area contributed by atoms with Gasteiger partial charge < -0.3 is 9.47 Å². The number of methoxy groups -OCH3 is 2. The van der Waals surface area contributed by atoms with Gasteiger partial charge in [-0.05, 0) is 48.2 Å². The van der Waals surface area contributed by atoms with E-state index in [0.29, 0.717) is 17.1 Å². The highest BCUT2D eigenvalue weighted by atomic mass is 35.5. The monoisotopic (exact) mass is 385 g/mol. The van der Waals surface area contributed by atoms with Crippen molar-refractivity contribution >= 4 is 29.0 Å². The first kappa shape index (κ1) is 19.0. The fourth-order valence-electron chi connectivity index (χ4n) is 3.00. The predicted molar refractivity (Wildman–Crippen MR) is 104 cm³/mol. The Morgan fingerprint density at radius 2 is 1.59 bits per heavy atom. The molecule has 1 aliphatic heterocycles. The maximum Gasteiger partial charge on any atom is 0.273 e. The summed E-state index contributed by atoms with van der Waals surface area (Å²) in [6.07, 6.45) is 0. The van der Waals surface area contributed by atoms with E-state index in [-0.39, 0.29) is 17.2 Å². The minimum absolute atomic E-state index is 0.0521. The van der Waals surface area contributed by atoms with Crippen molar-refractivity contribution in [1.82, 2.24) is 4.90 Å². The molecule has 2 aromatic rings. The van der Waals surface area contributed by atoms with Crippen LogP contribution >= 0.6 is 11.6 Å². The van der Waals surface area contributed by atoms with E-state index in [4.69, 9.17) is 21.1 Å². The number of carbonyl (C=O) groups is 2. The lowest BCUT2D eigenvalue weighted by Gasteiger charge is -2.16. The van der Waals surface area contributed by atoms with E-state index in [1.54, 1.807) is 25.3 Å². The average molecular weight is 386 g/mol. The van der Waals surface area contributed by atoms with Gasteiger partial charge in [0.1, 0.15) is 5.03 Å². The van der Waals surface area contributed by atoms with Gasteiger partial charge in [0.05, 0.1) is 26.3 Å². The van der Waals surface area contributed by atoms with Gasteiger partial charge in [-0.1, -0.05) is 35.9 Å². The van der Waals surface area contributed by atoms with Crippen LogP contribution in [0.15, 0.2) is 41.4 Å². The number of hydrogen-bond donors (Lipinski definition) is 0. The fourth-order valence-corrected chi connectivity index (χ4v) is 3.29. The first-order valence-electron chi connectivity index (χ1n) is 8.42. The first-order valence-corrected chi connectivity index (χ1v) is 8.79. The minimum Gasteiger partial charge on any atom is -0.493 e. The van der Waals surface area contributed by atoms with E-state index < -0.39 is 11.8 Å². The topological polar surface area (TPSA) is 55.8 Å². The Bertz CT molecular complexity index is 965. The van der Waals surface area contributed by atoms with Crippen molar-refractivity contribution in [2.75, 3.05) is 14.2 Å². The van der Waals surface area contributed by atoms with Gasteiger partial charge in [-0.2, -0.15) is 0 Å². The van der Waals surface area contributed by atoms with E-state index in [0.717, 1.165) is 21.6 Å². The number of ether oxygens (including phenoxy) is 2. The SMILES string of the molecule is COc1ccc(CN2C(=O)C(Cl)=C(c3ccc(C)c(C)c3)C2=O)cc1OC. The molecule has 0 saturated heterocycles. The summed E-state index contributed by atoms with van der Waals surface area (Å²) in [4.78, 5) is 26.7. The van der Waals surface area contributed by atoms with Crippen molar-refractivity contribution < 1.29 is 19.1 Å². The molecule has 0 bridgehead atoms. The number of halogens is 1. The summed E-state index contributed by atoms with van der Waals surface area (Å²) < 4.78 is 10.5. The van der Waals surface area contributed by atoms with Crippen LogP contribution in [0.1, 0.15) is 22.3 Å². The van der Waals surface area contributed by atoms with E-state index in [2.05, 4.69) is 0 Å². The van der Waals surface area contributed by atoms with Crippen LogP contribution in [0.4, 0.5) is 0 Å². The lowest BCUT2D eigenvalue weighted by atomic mass is 10.0. The van der Waals surface area contributed by atoms with Crippen LogP contribution in [0.3, 0.4) is 0 Å². The highest BCUT2D eigenvalue weighted by Gasteiger charge is 2.38. The van der Waals surface area contributed by atoms with Crippen molar-refractivity contribution in [3.63, 3.8) is 0 Å². The van der Waals surface area contributed by atoms with Crippen molar-refractivity contribution in [2.45, 2.75) is 20.4 Å². The maximum absolute atomic E-state index is 12.9. The molecular formula is C21H20ClNO4. The second-order valence-corrected chi connectivity index (χ2v) is 6.75. The molecule has 0 saturated carbocycles. The third-order valence-corrected chi connectivity index (χ3v) is 5.05. The second kappa shape index (κ2) is 7.45. The van der Waals surface area contributed by atoms with Crippen molar-refractivity contribution in [1.29, 1.82) is 0 Å². The minimum atomic E-state index is -0.496. The molecule has 0 atom stereocenters. The number of aryl methyl sites for hydroxylation is 2. The molecule has 5 nitrogen and oxygen atoms in total. The van der Waals surface area contributed by atoms with Crippen LogP contribution in [0.2, 0.25) is 0 Å². The van der Waals surface area contributed by atoms with Gasteiger partial charge >= 0.3 is 0 Å². The van der Waals surface area contributed by atoms with E-state index in [1.807, 2.05) is 32.0 Å². The van der Waals surface area contributed by atoms with Gasteiger partial charge in [0, 0.05) is 0 Å². The Hall–Kier alpha value is -2.79. The van der Waals surface area contributed by atoms with Gasteiger partial charge in [-0.25, -0.2) is 0 Å². The number of hydrogen-bond acceptors (Lipinski definition) is 4. The highest BCUT2D eigenvalue weighted by molar-refractivity contribution is 6.55. The molecule has 140 valence electrons. The molecule has 0 radical (unpaired) electrons. The molecule has 2 amide bonds. The molecule has 0 N–H and O–H groups in total. The van der Waals surface area contributed by atoms with E-state index >= 15 is 0 Å². The molecule has 0 unspecified atom stereocenters. The normalized spacial score (nSPS) is 14.2. The molecule has 27 heavy (non-hydrogen) atoms. The van der Waals surface area contributed by atoms with Crippen LogP contribution in [0, 0.1) is 13.8 Å². The van der Waals surface area contributed by atoms with Gasteiger partial charge in [0.15, 0.2) is 11.5 Å². The summed E-state index contributed by atoms with van der Waals surface area (Å²) >= 11 is 6.24. The molecule has 1 heterocycles. The number of rotatable bonds is 5. The molecule has 3 rings (SSSR count). The summed E-state index contributed by atoms with van der Waals surface area (Å²) in [7, 11) is 3.08. The Labute approximate surface area is 163 Å². The summed E-state index contributed by atoms with van der Waals surface area (Å²) in [6, 6.07) is 10.9. The summed E-state index contributed by atoms with van der Waals surface area (Å²) in [5.41, 5.74) is 3.76. The largest absolute Gasteiger partial charge is 0.493 e. The number of imide groups is 1. The van der Waals surface area contributed by atoms with Gasteiger partial charge in [0.25, 0.3) is 11.8 Å². The number of carbonyl (C=O) groups excluding carboxylic acids is 2. The molecule has 1 aliphatic rings. The van der Waals surface area contributed by atoms with Crippen molar-refractivity contribution in [2.24, 2.45) is 0 Å². The summed E-state index contributed by atoms with van der Waals surface area (Å²) in [6.45, 7) is 4.04. The van der Waals surface area contributed by atoms with Crippen LogP contribution in [0.5, 0.6) is 11.5 Å². The van der Waals surface area contributed by atoms with Gasteiger partial charge in [-0.3, -0.25) is 14.5 Å². The van der Waals surface area contributed by atoms with Crippen molar-refractivity contribution in [3.05, 3.63) is 63.7 Å². The Morgan fingerprint density at radius 1 is 0.889 bits per heavy atom. The predicted octanol–water partition coefficient (Wildman–Crippen LogP) is 3.84. The molecular weight excluding hydrogens is 366 g/mol. The van der Waals surface area contributed by atoms with Gasteiger partial charge in [0.2, 0.25) is 0 Å².